The summed E-state index contributed by atoms with van der Waals surface area (Å²) in [6.45, 7) is 2.02. The number of benzene rings is 1. The topological polar surface area (TPSA) is 20.3 Å². The van der Waals surface area contributed by atoms with Gasteiger partial charge < -0.3 is 4.90 Å². The largest absolute Gasteiger partial charge is 0.339 e. The molecule has 1 amide bonds. The maximum absolute atomic E-state index is 13.1. The molecule has 0 aliphatic heterocycles. The average molecular weight is 334 g/mol. The Labute approximate surface area is 120 Å². The number of hydrogen-bond acceptors (Lipinski definition) is 2. The first kappa shape index (κ1) is 15.5. The Morgan fingerprint density at radius 2 is 2.22 bits per heavy atom. The van der Waals surface area contributed by atoms with Gasteiger partial charge in [0.15, 0.2) is 0 Å². The third kappa shape index (κ3) is 3.99. The highest BCUT2D eigenvalue weighted by Gasteiger charge is 2.17. The molecule has 0 aliphatic rings. The van der Waals surface area contributed by atoms with Crippen LogP contribution in [0.25, 0.3) is 0 Å². The van der Waals surface area contributed by atoms with Crippen molar-refractivity contribution in [3.8, 4) is 0 Å². The van der Waals surface area contributed by atoms with Crippen molar-refractivity contribution in [1.29, 1.82) is 0 Å². The first-order valence-electron chi connectivity index (χ1n) is 5.68. The number of carbonyl (C=O) groups excluding carboxylic acids is 1. The molecule has 0 fully saturated rings. The van der Waals surface area contributed by atoms with Crippen molar-refractivity contribution in [2.45, 2.75) is 19.4 Å². The maximum atomic E-state index is 13.1. The zero-order chi connectivity index (χ0) is 13.7. The third-order valence-corrected chi connectivity index (χ3v) is 4.14. The Kier molecular flexibility index (Phi) is 6.15. The first-order chi connectivity index (χ1) is 8.47. The van der Waals surface area contributed by atoms with Crippen LogP contribution in [-0.2, 0) is 0 Å². The molecular formula is C13H17BrFNOS. The second-order valence-electron chi connectivity index (χ2n) is 4.18. The van der Waals surface area contributed by atoms with Crippen molar-refractivity contribution < 1.29 is 9.18 Å². The summed E-state index contributed by atoms with van der Waals surface area (Å²) in [6.07, 6.45) is 3.00. The maximum Gasteiger partial charge on any atom is 0.253 e. The van der Waals surface area contributed by atoms with E-state index in [0.717, 1.165) is 12.2 Å². The number of thioether (sulfide) groups is 1. The molecule has 1 rings (SSSR count). The SMILES string of the molecule is CSCCC(C)N(C)C(=O)c1ccc(F)c(Br)c1. The lowest BCUT2D eigenvalue weighted by Gasteiger charge is -2.25. The van der Waals surface area contributed by atoms with Crippen LogP contribution in [0.5, 0.6) is 0 Å². The Hall–Kier alpha value is -0.550. The highest BCUT2D eigenvalue weighted by atomic mass is 79.9. The highest BCUT2D eigenvalue weighted by Crippen LogP contribution is 2.18. The zero-order valence-corrected chi connectivity index (χ0v) is 13.1. The van der Waals surface area contributed by atoms with Crippen LogP contribution in [0.15, 0.2) is 22.7 Å². The van der Waals surface area contributed by atoms with E-state index in [0.29, 0.717) is 10.0 Å². The van der Waals surface area contributed by atoms with Gasteiger partial charge in [0.2, 0.25) is 0 Å². The van der Waals surface area contributed by atoms with Gasteiger partial charge in [0.25, 0.3) is 5.91 Å². The second kappa shape index (κ2) is 7.14. The van der Waals surface area contributed by atoms with E-state index in [4.69, 9.17) is 0 Å². The molecule has 100 valence electrons. The lowest BCUT2D eigenvalue weighted by molar-refractivity contribution is 0.0741. The predicted octanol–water partition coefficient (Wildman–Crippen LogP) is 3.80. The minimum Gasteiger partial charge on any atom is -0.339 e. The van der Waals surface area contributed by atoms with Gasteiger partial charge in [0.05, 0.1) is 4.47 Å². The highest BCUT2D eigenvalue weighted by molar-refractivity contribution is 9.10. The van der Waals surface area contributed by atoms with Crippen LogP contribution in [0.4, 0.5) is 4.39 Å². The van der Waals surface area contributed by atoms with Gasteiger partial charge in [-0.1, -0.05) is 0 Å². The Balaban J connectivity index is 2.76. The first-order valence-corrected chi connectivity index (χ1v) is 7.87. The molecule has 2 nitrogen and oxygen atoms in total. The number of rotatable bonds is 5. The molecule has 0 spiro atoms. The van der Waals surface area contributed by atoms with Gasteiger partial charge in [-0.05, 0) is 59.5 Å². The van der Waals surface area contributed by atoms with Gasteiger partial charge >= 0.3 is 0 Å². The van der Waals surface area contributed by atoms with Crippen molar-refractivity contribution >= 4 is 33.6 Å². The standard InChI is InChI=1S/C13H17BrFNOS/c1-9(6-7-18-3)16(2)13(17)10-4-5-12(15)11(14)8-10/h4-5,8-9H,6-7H2,1-3H3. The van der Waals surface area contributed by atoms with E-state index in [-0.39, 0.29) is 17.8 Å². The Morgan fingerprint density at radius 3 is 2.78 bits per heavy atom. The molecule has 0 saturated heterocycles. The second-order valence-corrected chi connectivity index (χ2v) is 6.02. The van der Waals surface area contributed by atoms with Crippen LogP contribution in [0.1, 0.15) is 23.7 Å². The number of halogens is 2. The summed E-state index contributed by atoms with van der Waals surface area (Å²) in [5, 5.41) is 0. The summed E-state index contributed by atoms with van der Waals surface area (Å²) >= 11 is 4.86. The van der Waals surface area contributed by atoms with Gasteiger partial charge in [-0.2, -0.15) is 11.8 Å². The van der Waals surface area contributed by atoms with Crippen LogP contribution in [0.2, 0.25) is 0 Å². The molecule has 5 heteroatoms. The van der Waals surface area contributed by atoms with E-state index in [2.05, 4.69) is 15.9 Å². The monoisotopic (exact) mass is 333 g/mol. The smallest absolute Gasteiger partial charge is 0.253 e. The van der Waals surface area contributed by atoms with Gasteiger partial charge in [-0.25, -0.2) is 4.39 Å². The van der Waals surface area contributed by atoms with Crippen LogP contribution in [0.3, 0.4) is 0 Å². The van der Waals surface area contributed by atoms with E-state index in [1.807, 2.05) is 13.2 Å². The molecule has 0 aromatic heterocycles. The van der Waals surface area contributed by atoms with Crippen LogP contribution in [0, 0.1) is 5.82 Å². The molecule has 1 atom stereocenters. The molecule has 18 heavy (non-hydrogen) atoms. The summed E-state index contributed by atoms with van der Waals surface area (Å²) in [5.41, 5.74) is 0.502. The lowest BCUT2D eigenvalue weighted by atomic mass is 10.1. The number of carbonyl (C=O) groups is 1. The van der Waals surface area contributed by atoms with Crippen molar-refractivity contribution in [3.05, 3.63) is 34.1 Å². The summed E-state index contributed by atoms with van der Waals surface area (Å²) in [7, 11) is 1.78. The molecule has 0 aliphatic carbocycles. The predicted molar refractivity (Wildman–Crippen MR) is 78.7 cm³/mol. The quantitative estimate of drug-likeness (QED) is 0.816. The van der Waals surface area contributed by atoms with Crippen molar-refractivity contribution in [2.24, 2.45) is 0 Å². The Bertz CT molecular complexity index is 427. The summed E-state index contributed by atoms with van der Waals surface area (Å²) in [6, 6.07) is 4.52. The number of amides is 1. The summed E-state index contributed by atoms with van der Waals surface area (Å²) in [5.74, 6) is 0.584. The third-order valence-electron chi connectivity index (χ3n) is 2.89. The van der Waals surface area contributed by atoms with Crippen LogP contribution >= 0.6 is 27.7 Å². The minimum atomic E-state index is -0.357. The molecular weight excluding hydrogens is 317 g/mol. The molecule has 0 N–H and O–H groups in total. The average Bonchev–Trinajstić information content (AvgIpc) is 2.37. The summed E-state index contributed by atoms with van der Waals surface area (Å²) in [4.78, 5) is 13.9. The molecule has 1 aromatic rings. The van der Waals surface area contributed by atoms with E-state index in [9.17, 15) is 9.18 Å². The molecule has 0 heterocycles. The molecule has 1 unspecified atom stereocenters. The van der Waals surface area contributed by atoms with Gasteiger partial charge in [-0.15, -0.1) is 0 Å². The van der Waals surface area contributed by atoms with Crippen molar-refractivity contribution in [2.75, 3.05) is 19.1 Å². The van der Waals surface area contributed by atoms with Crippen molar-refractivity contribution in [1.82, 2.24) is 4.90 Å². The summed E-state index contributed by atoms with van der Waals surface area (Å²) < 4.78 is 13.4. The van der Waals surface area contributed by atoms with E-state index >= 15 is 0 Å². The van der Waals surface area contributed by atoms with E-state index in [1.54, 1.807) is 23.7 Å². The van der Waals surface area contributed by atoms with Gasteiger partial charge in [-0.3, -0.25) is 4.79 Å². The molecule has 0 bridgehead atoms. The molecule has 0 radical (unpaired) electrons. The van der Waals surface area contributed by atoms with E-state index < -0.39 is 0 Å². The van der Waals surface area contributed by atoms with Crippen LogP contribution in [-0.4, -0.2) is 35.9 Å². The lowest BCUT2D eigenvalue weighted by Crippen LogP contribution is -2.35. The van der Waals surface area contributed by atoms with Gasteiger partial charge in [0.1, 0.15) is 5.82 Å². The molecule has 1 aromatic carbocycles. The van der Waals surface area contributed by atoms with E-state index in [1.165, 1.54) is 18.2 Å². The van der Waals surface area contributed by atoms with Crippen molar-refractivity contribution in [3.63, 3.8) is 0 Å². The Morgan fingerprint density at radius 1 is 1.56 bits per heavy atom. The normalized spacial score (nSPS) is 12.3. The fraction of sp³-hybridized carbons (Fsp3) is 0.462. The number of hydrogen-bond donors (Lipinski definition) is 0. The molecule has 0 saturated carbocycles. The van der Waals surface area contributed by atoms with Crippen LogP contribution < -0.4 is 0 Å². The fourth-order valence-corrected chi connectivity index (χ4v) is 2.47. The number of nitrogens with zero attached hydrogens (tertiary/aromatic N) is 1. The zero-order valence-electron chi connectivity index (χ0n) is 10.7. The fourth-order valence-electron chi connectivity index (χ4n) is 1.52. The minimum absolute atomic E-state index is 0.0793. The van der Waals surface area contributed by atoms with Gasteiger partial charge in [0, 0.05) is 18.7 Å².